The molecular formula is C38H48N4O5. The van der Waals surface area contributed by atoms with Gasteiger partial charge in [0, 0.05) is 42.6 Å². The molecule has 9 nitrogen and oxygen atoms in total. The molecule has 2 aromatic carbocycles. The van der Waals surface area contributed by atoms with Crippen molar-refractivity contribution >= 4 is 17.4 Å². The third-order valence-electron chi connectivity index (χ3n) is 9.27. The predicted molar refractivity (Wildman–Crippen MR) is 184 cm³/mol. The molecule has 0 spiro atoms. The van der Waals surface area contributed by atoms with Crippen LogP contribution in [0.1, 0.15) is 89.6 Å². The average Bonchev–Trinajstić information content (AvgIpc) is 3.43. The summed E-state index contributed by atoms with van der Waals surface area (Å²) in [5.74, 6) is 0.523. The Bertz CT molecular complexity index is 1770. The van der Waals surface area contributed by atoms with Crippen LogP contribution in [-0.4, -0.2) is 62.7 Å². The van der Waals surface area contributed by atoms with Gasteiger partial charge in [0.15, 0.2) is 11.8 Å². The summed E-state index contributed by atoms with van der Waals surface area (Å²) in [6.07, 6.45) is 3.39. The number of ether oxygens (including phenoxy) is 3. The molecule has 5 heterocycles. The highest BCUT2D eigenvalue weighted by molar-refractivity contribution is 5.80. The van der Waals surface area contributed by atoms with Crippen LogP contribution in [0.15, 0.2) is 48.5 Å². The number of fused-ring (bicyclic) bond motifs is 8. The summed E-state index contributed by atoms with van der Waals surface area (Å²) in [5, 5.41) is 15.6. The van der Waals surface area contributed by atoms with E-state index < -0.39 is 17.7 Å². The molecule has 1 saturated heterocycles. The zero-order chi connectivity index (χ0) is 33.5. The van der Waals surface area contributed by atoms with Gasteiger partial charge in [-0.05, 0) is 104 Å². The Morgan fingerprint density at radius 1 is 1.06 bits per heavy atom. The fourth-order valence-electron chi connectivity index (χ4n) is 6.74. The maximum atomic E-state index is 12.8. The zero-order valence-corrected chi connectivity index (χ0v) is 28.8. The number of aryl methyl sites for hydroxylation is 2. The lowest BCUT2D eigenvalue weighted by molar-refractivity contribution is -0.160. The predicted octanol–water partition coefficient (Wildman–Crippen LogP) is 7.95. The number of aliphatic carboxylic acids is 1. The maximum absolute atomic E-state index is 12.8. The van der Waals surface area contributed by atoms with Gasteiger partial charge in [0.2, 0.25) is 0 Å². The van der Waals surface area contributed by atoms with Crippen LogP contribution in [0.4, 0.5) is 5.82 Å². The molecule has 47 heavy (non-hydrogen) atoms. The highest BCUT2D eigenvalue weighted by atomic mass is 16.5. The second-order valence-electron chi connectivity index (χ2n) is 14.5. The largest absolute Gasteiger partial charge is 0.490 e. The number of aromatic nitrogens is 3. The minimum Gasteiger partial charge on any atom is -0.490 e. The van der Waals surface area contributed by atoms with Crippen LogP contribution in [0.5, 0.6) is 5.75 Å². The molecule has 6 bridgehead atoms. The van der Waals surface area contributed by atoms with E-state index >= 15 is 0 Å². The van der Waals surface area contributed by atoms with E-state index in [0.29, 0.717) is 42.4 Å². The smallest absolute Gasteiger partial charge is 0.337 e. The minimum absolute atomic E-state index is 0.0707. The van der Waals surface area contributed by atoms with Gasteiger partial charge in [-0.1, -0.05) is 29.8 Å². The van der Waals surface area contributed by atoms with Gasteiger partial charge in [-0.25, -0.2) is 9.78 Å². The van der Waals surface area contributed by atoms with Gasteiger partial charge >= 0.3 is 5.97 Å². The van der Waals surface area contributed by atoms with E-state index in [1.165, 1.54) is 0 Å². The third-order valence-corrected chi connectivity index (χ3v) is 9.27. The Labute approximate surface area is 277 Å². The number of rotatable bonds is 3. The Kier molecular flexibility index (Phi) is 9.06. The van der Waals surface area contributed by atoms with Crippen molar-refractivity contribution in [2.75, 3.05) is 24.6 Å². The van der Waals surface area contributed by atoms with Crippen molar-refractivity contribution in [2.24, 2.45) is 0 Å². The van der Waals surface area contributed by atoms with Crippen molar-refractivity contribution in [3.63, 3.8) is 0 Å². The van der Waals surface area contributed by atoms with Gasteiger partial charge in [-0.2, -0.15) is 9.61 Å². The van der Waals surface area contributed by atoms with E-state index in [-0.39, 0.29) is 11.7 Å². The first-order valence-corrected chi connectivity index (χ1v) is 16.9. The number of benzene rings is 2. The van der Waals surface area contributed by atoms with Crippen LogP contribution in [-0.2, 0) is 14.3 Å². The fourth-order valence-corrected chi connectivity index (χ4v) is 6.74. The Morgan fingerprint density at radius 3 is 2.53 bits per heavy atom. The summed E-state index contributed by atoms with van der Waals surface area (Å²) in [6, 6.07) is 16.7. The molecule has 2 aromatic heterocycles. The van der Waals surface area contributed by atoms with Gasteiger partial charge in [0.1, 0.15) is 11.6 Å². The molecule has 0 unspecified atom stereocenters. The molecule has 2 atom stereocenters. The number of carboxylic acid groups (broad SMARTS) is 1. The lowest BCUT2D eigenvalue weighted by atomic mass is 9.92. The highest BCUT2D eigenvalue weighted by Gasteiger charge is 2.38. The van der Waals surface area contributed by atoms with E-state index in [1.807, 2.05) is 44.3 Å². The number of anilines is 1. The zero-order valence-electron chi connectivity index (χ0n) is 28.8. The second-order valence-corrected chi connectivity index (χ2v) is 14.5. The van der Waals surface area contributed by atoms with Crippen molar-refractivity contribution in [3.8, 4) is 28.1 Å². The fraction of sp³-hybridized carbons (Fsp3) is 0.500. The molecule has 1 fully saturated rings. The summed E-state index contributed by atoms with van der Waals surface area (Å²) in [4.78, 5) is 20.0. The van der Waals surface area contributed by atoms with E-state index in [0.717, 1.165) is 65.8 Å². The minimum atomic E-state index is -1.21. The van der Waals surface area contributed by atoms with Gasteiger partial charge in [-0.15, -0.1) is 0 Å². The molecular weight excluding hydrogens is 592 g/mol. The molecule has 4 aromatic rings. The van der Waals surface area contributed by atoms with Crippen LogP contribution in [0.2, 0.25) is 0 Å². The van der Waals surface area contributed by atoms with Crippen LogP contribution in [0.25, 0.3) is 28.0 Å². The topological polar surface area (TPSA) is 98.4 Å². The van der Waals surface area contributed by atoms with Crippen molar-refractivity contribution in [1.82, 2.24) is 14.6 Å². The Balaban J connectivity index is 1.53. The molecule has 3 aliphatic rings. The Morgan fingerprint density at radius 2 is 1.81 bits per heavy atom. The third kappa shape index (κ3) is 7.16. The summed E-state index contributed by atoms with van der Waals surface area (Å²) in [5.41, 5.74) is 5.78. The number of piperidine rings is 1. The molecule has 3 aliphatic heterocycles. The van der Waals surface area contributed by atoms with Crippen LogP contribution in [0, 0.1) is 13.8 Å². The van der Waals surface area contributed by atoms with Gasteiger partial charge in [-0.3, -0.25) is 0 Å². The quantitative estimate of drug-likeness (QED) is 0.241. The molecule has 0 saturated carbocycles. The van der Waals surface area contributed by atoms with Crippen LogP contribution < -0.4 is 9.64 Å². The molecule has 7 rings (SSSR count). The molecule has 1 N–H and O–H groups in total. The SMILES string of the molecule is Cc1ccc2c(c1)-c1cccc(c1)-c1cc3nc(C)c([C@H](OC(C)(C)C)C(=O)O)c(n3n1)N1CCC(C)(CC1)OCCCC[C@@H](C)O2. The van der Waals surface area contributed by atoms with Crippen molar-refractivity contribution in [1.29, 1.82) is 0 Å². The molecule has 0 radical (unpaired) electrons. The maximum Gasteiger partial charge on any atom is 0.337 e. The summed E-state index contributed by atoms with van der Waals surface area (Å²) >= 11 is 0. The monoisotopic (exact) mass is 640 g/mol. The molecule has 0 aliphatic carbocycles. The first-order valence-electron chi connectivity index (χ1n) is 16.9. The lowest BCUT2D eigenvalue weighted by Crippen LogP contribution is -2.46. The first-order chi connectivity index (χ1) is 22.3. The van der Waals surface area contributed by atoms with Crippen LogP contribution >= 0.6 is 0 Å². The standard InChI is InChI=1S/C38H48N4O5/c1-24-14-15-31-29(21-24)27-12-10-13-28(22-27)30-23-32-39-26(3)33(34(36(43)44)47-37(4,5)6)35(42(32)40-30)41-18-16-38(7,17-19-41)45-20-9-8-11-25(2)46-31/h10,12-15,21-23,25,34H,8-9,11,16-20H2,1-7H3,(H,43,44)/t25-,34+/m1/s1. The molecule has 0 amide bonds. The van der Waals surface area contributed by atoms with Crippen molar-refractivity contribution < 1.29 is 24.1 Å². The summed E-state index contributed by atoms with van der Waals surface area (Å²) < 4.78 is 21.1. The molecule has 250 valence electrons. The first kappa shape index (κ1) is 33.0. The summed E-state index contributed by atoms with van der Waals surface area (Å²) in [6.45, 7) is 16.0. The van der Waals surface area contributed by atoms with Crippen LogP contribution in [0.3, 0.4) is 0 Å². The van der Waals surface area contributed by atoms with E-state index in [1.54, 1.807) is 0 Å². The van der Waals surface area contributed by atoms with Crippen molar-refractivity contribution in [2.45, 2.75) is 104 Å². The number of hydrogen-bond acceptors (Lipinski definition) is 7. The van der Waals surface area contributed by atoms with Gasteiger partial charge in [0.25, 0.3) is 0 Å². The van der Waals surface area contributed by atoms with E-state index in [2.05, 4.69) is 62.1 Å². The normalized spacial score (nSPS) is 21.3. The average molecular weight is 641 g/mol. The van der Waals surface area contributed by atoms with Crippen molar-refractivity contribution in [3.05, 3.63) is 65.4 Å². The van der Waals surface area contributed by atoms with E-state index in [9.17, 15) is 9.90 Å². The number of nitrogens with zero attached hydrogens (tertiary/aromatic N) is 4. The highest BCUT2D eigenvalue weighted by Crippen LogP contribution is 2.39. The van der Waals surface area contributed by atoms with Gasteiger partial charge < -0.3 is 24.2 Å². The summed E-state index contributed by atoms with van der Waals surface area (Å²) in [7, 11) is 0. The number of carbonyl (C=O) groups is 1. The molecule has 9 heteroatoms. The van der Waals surface area contributed by atoms with E-state index in [4.69, 9.17) is 24.3 Å². The Hall–Kier alpha value is -3.95. The van der Waals surface area contributed by atoms with Gasteiger partial charge in [0.05, 0.1) is 28.6 Å². The second kappa shape index (κ2) is 12.9. The number of carboxylic acids is 1. The lowest BCUT2D eigenvalue weighted by Gasteiger charge is -2.41. The number of hydrogen-bond donors (Lipinski definition) is 1.